The largest absolute Gasteiger partial charge is 0.337 e. The number of hydrogen-bond donors (Lipinski definition) is 1. The van der Waals surface area contributed by atoms with Crippen molar-refractivity contribution >= 4 is 29.7 Å². The molecular weight excluding hydrogens is 270 g/mol. The van der Waals surface area contributed by atoms with Crippen molar-refractivity contribution in [2.24, 2.45) is 11.7 Å². The van der Waals surface area contributed by atoms with Gasteiger partial charge in [-0.2, -0.15) is 0 Å². The van der Waals surface area contributed by atoms with Gasteiger partial charge in [0.1, 0.15) is 5.69 Å². The molecule has 1 aliphatic rings. The van der Waals surface area contributed by atoms with E-state index in [1.165, 1.54) is 24.2 Å². The van der Waals surface area contributed by atoms with E-state index in [9.17, 15) is 4.79 Å². The number of carbonyl (C=O) groups is 1. The molecule has 0 unspecified atom stereocenters. The summed E-state index contributed by atoms with van der Waals surface area (Å²) < 4.78 is 0. The molecule has 4 nitrogen and oxygen atoms in total. The van der Waals surface area contributed by atoms with Crippen molar-refractivity contribution in [3.8, 4) is 0 Å². The molecule has 18 heavy (non-hydrogen) atoms. The van der Waals surface area contributed by atoms with Gasteiger partial charge in [0, 0.05) is 24.9 Å². The Bertz CT molecular complexity index is 392. The van der Waals surface area contributed by atoms with Gasteiger partial charge in [-0.25, -0.2) is 4.98 Å². The lowest BCUT2D eigenvalue weighted by Crippen LogP contribution is -2.32. The lowest BCUT2D eigenvalue weighted by atomic mass is 10.3. The first-order chi connectivity index (χ1) is 8.24. The molecule has 0 aromatic carbocycles. The number of nitrogens with two attached hydrogens (primary N) is 1. The summed E-state index contributed by atoms with van der Waals surface area (Å²) in [5.41, 5.74) is 6.06. The second-order valence-electron chi connectivity index (χ2n) is 4.45. The monoisotopic (exact) mass is 289 g/mol. The molecule has 1 heterocycles. The lowest BCUT2D eigenvalue weighted by Gasteiger charge is -2.19. The summed E-state index contributed by atoms with van der Waals surface area (Å²) in [7, 11) is 0. The molecule has 1 amide bonds. The van der Waals surface area contributed by atoms with Crippen LogP contribution in [0.2, 0.25) is 0 Å². The predicted octanol–water partition coefficient (Wildman–Crippen LogP) is 1.94. The zero-order valence-electron chi connectivity index (χ0n) is 10.6. The topological polar surface area (TPSA) is 59.2 Å². The van der Waals surface area contributed by atoms with Gasteiger partial charge in [0.15, 0.2) is 0 Å². The van der Waals surface area contributed by atoms with Crippen LogP contribution in [0.4, 0.5) is 0 Å². The molecule has 6 heteroatoms. The van der Waals surface area contributed by atoms with Gasteiger partial charge in [-0.3, -0.25) is 4.79 Å². The highest BCUT2D eigenvalue weighted by molar-refractivity contribution is 7.09. The summed E-state index contributed by atoms with van der Waals surface area (Å²) in [5.74, 6) is 0.792. The fourth-order valence-electron chi connectivity index (χ4n) is 1.78. The number of hydrogen-bond acceptors (Lipinski definition) is 4. The molecule has 0 aliphatic heterocycles. The highest BCUT2D eigenvalue weighted by atomic mass is 35.5. The van der Waals surface area contributed by atoms with E-state index in [-0.39, 0.29) is 18.3 Å². The van der Waals surface area contributed by atoms with E-state index >= 15 is 0 Å². The number of rotatable bonds is 6. The van der Waals surface area contributed by atoms with Gasteiger partial charge in [-0.15, -0.1) is 23.7 Å². The molecule has 0 radical (unpaired) electrons. The maximum absolute atomic E-state index is 12.2. The van der Waals surface area contributed by atoms with Crippen LogP contribution >= 0.6 is 23.7 Å². The fraction of sp³-hybridized carbons (Fsp3) is 0.667. The average Bonchev–Trinajstić information content (AvgIpc) is 3.03. The zero-order valence-corrected chi connectivity index (χ0v) is 12.2. The van der Waals surface area contributed by atoms with Gasteiger partial charge < -0.3 is 10.6 Å². The Kier molecular flexibility index (Phi) is 6.05. The number of nitrogens with zero attached hydrogens (tertiary/aromatic N) is 2. The van der Waals surface area contributed by atoms with Crippen molar-refractivity contribution in [1.82, 2.24) is 9.88 Å². The highest BCUT2D eigenvalue weighted by Gasteiger charge is 2.27. The van der Waals surface area contributed by atoms with E-state index in [4.69, 9.17) is 5.73 Å². The van der Waals surface area contributed by atoms with E-state index in [2.05, 4.69) is 4.98 Å². The SMILES string of the molecule is CCN(CC1CC1)C(=O)c1csc(CCN)n1.Cl. The Morgan fingerprint density at radius 3 is 2.89 bits per heavy atom. The maximum atomic E-state index is 12.2. The van der Waals surface area contributed by atoms with Crippen LogP contribution < -0.4 is 5.73 Å². The summed E-state index contributed by atoms with van der Waals surface area (Å²) in [4.78, 5) is 18.4. The number of amides is 1. The van der Waals surface area contributed by atoms with E-state index in [0.29, 0.717) is 12.2 Å². The second kappa shape index (κ2) is 7.07. The Hall–Kier alpha value is -0.650. The molecule has 102 valence electrons. The van der Waals surface area contributed by atoms with Crippen LogP contribution in [-0.4, -0.2) is 35.4 Å². The standard InChI is InChI=1S/C12H19N3OS.ClH/c1-2-15(7-9-3-4-9)12(16)10-8-17-11(14-10)5-6-13;/h8-9H,2-7,13H2,1H3;1H. The normalized spacial score (nSPS) is 14.1. The van der Waals surface area contributed by atoms with Crippen LogP contribution in [0.25, 0.3) is 0 Å². The molecule has 0 atom stereocenters. The van der Waals surface area contributed by atoms with Crippen molar-refractivity contribution in [2.45, 2.75) is 26.2 Å². The first-order valence-electron chi connectivity index (χ1n) is 6.18. The molecule has 2 rings (SSSR count). The summed E-state index contributed by atoms with van der Waals surface area (Å²) in [6, 6.07) is 0. The van der Waals surface area contributed by atoms with E-state index in [1.807, 2.05) is 17.2 Å². The van der Waals surface area contributed by atoms with Gasteiger partial charge in [-0.05, 0) is 32.2 Å². The third-order valence-electron chi connectivity index (χ3n) is 2.97. The van der Waals surface area contributed by atoms with Gasteiger partial charge in [0.2, 0.25) is 0 Å². The Morgan fingerprint density at radius 1 is 1.61 bits per heavy atom. The third kappa shape index (κ3) is 3.93. The first-order valence-corrected chi connectivity index (χ1v) is 7.06. The molecule has 2 N–H and O–H groups in total. The van der Waals surface area contributed by atoms with E-state index < -0.39 is 0 Å². The van der Waals surface area contributed by atoms with Crippen molar-refractivity contribution in [3.05, 3.63) is 16.1 Å². The fourth-order valence-corrected chi connectivity index (χ4v) is 2.57. The Balaban J connectivity index is 0.00000162. The van der Waals surface area contributed by atoms with Crippen molar-refractivity contribution in [2.75, 3.05) is 19.6 Å². The lowest BCUT2D eigenvalue weighted by molar-refractivity contribution is 0.0751. The smallest absolute Gasteiger partial charge is 0.273 e. The van der Waals surface area contributed by atoms with Crippen LogP contribution in [0.1, 0.15) is 35.3 Å². The molecule has 0 spiro atoms. The minimum atomic E-state index is 0. The highest BCUT2D eigenvalue weighted by Crippen LogP contribution is 2.30. The number of carbonyl (C=O) groups excluding carboxylic acids is 1. The molecule has 1 fully saturated rings. The van der Waals surface area contributed by atoms with Crippen LogP contribution in [0.3, 0.4) is 0 Å². The van der Waals surface area contributed by atoms with E-state index in [1.54, 1.807) is 0 Å². The van der Waals surface area contributed by atoms with Gasteiger partial charge in [0.05, 0.1) is 5.01 Å². The molecular formula is C12H20ClN3OS. The van der Waals surface area contributed by atoms with E-state index in [0.717, 1.165) is 30.4 Å². The van der Waals surface area contributed by atoms with Crippen LogP contribution in [0.5, 0.6) is 0 Å². The molecule has 0 bridgehead atoms. The van der Waals surface area contributed by atoms with Gasteiger partial charge in [-0.1, -0.05) is 0 Å². The zero-order chi connectivity index (χ0) is 12.3. The molecule has 1 aromatic rings. The predicted molar refractivity (Wildman–Crippen MR) is 76.4 cm³/mol. The summed E-state index contributed by atoms with van der Waals surface area (Å²) in [5, 5.41) is 2.81. The van der Waals surface area contributed by atoms with Crippen molar-refractivity contribution < 1.29 is 4.79 Å². The van der Waals surface area contributed by atoms with Crippen molar-refractivity contribution in [1.29, 1.82) is 0 Å². The van der Waals surface area contributed by atoms with Crippen LogP contribution in [0, 0.1) is 5.92 Å². The Morgan fingerprint density at radius 2 is 2.33 bits per heavy atom. The second-order valence-corrected chi connectivity index (χ2v) is 5.39. The minimum absolute atomic E-state index is 0. The van der Waals surface area contributed by atoms with Gasteiger partial charge in [0.25, 0.3) is 5.91 Å². The summed E-state index contributed by atoms with van der Waals surface area (Å²) in [6.45, 7) is 4.26. The number of aromatic nitrogens is 1. The Labute approximate surface area is 118 Å². The first kappa shape index (κ1) is 15.4. The summed E-state index contributed by atoms with van der Waals surface area (Å²) in [6.07, 6.45) is 3.28. The molecule has 1 aromatic heterocycles. The van der Waals surface area contributed by atoms with Crippen LogP contribution in [-0.2, 0) is 6.42 Å². The number of halogens is 1. The maximum Gasteiger partial charge on any atom is 0.273 e. The molecule has 0 saturated heterocycles. The number of thiazole rings is 1. The minimum Gasteiger partial charge on any atom is -0.337 e. The average molecular weight is 290 g/mol. The van der Waals surface area contributed by atoms with Gasteiger partial charge >= 0.3 is 0 Å². The van der Waals surface area contributed by atoms with Crippen LogP contribution in [0.15, 0.2) is 5.38 Å². The quantitative estimate of drug-likeness (QED) is 0.871. The van der Waals surface area contributed by atoms with Crippen molar-refractivity contribution in [3.63, 3.8) is 0 Å². The summed E-state index contributed by atoms with van der Waals surface area (Å²) >= 11 is 1.53. The molecule has 1 aliphatic carbocycles. The molecule has 1 saturated carbocycles. The third-order valence-corrected chi connectivity index (χ3v) is 3.88.